The summed E-state index contributed by atoms with van der Waals surface area (Å²) in [5, 5.41) is 22.0. The van der Waals surface area contributed by atoms with Gasteiger partial charge in [-0.15, -0.1) is 0 Å². The Morgan fingerprint density at radius 2 is 1.93 bits per heavy atom. The summed E-state index contributed by atoms with van der Waals surface area (Å²) in [5.74, 6) is -0.665. The van der Waals surface area contributed by atoms with Gasteiger partial charge in [0, 0.05) is 18.2 Å². The van der Waals surface area contributed by atoms with E-state index in [1.807, 2.05) is 12.1 Å². The monoisotopic (exact) mass is 394 g/mol. The minimum atomic E-state index is -0.990. The molecule has 3 atom stereocenters. The molecule has 2 aliphatic rings. The smallest absolute Gasteiger partial charge is 0.335 e. The predicted molar refractivity (Wildman–Crippen MR) is 110 cm³/mol. The van der Waals surface area contributed by atoms with E-state index in [-0.39, 0.29) is 34.6 Å². The van der Waals surface area contributed by atoms with Gasteiger partial charge in [-0.1, -0.05) is 13.0 Å². The molecule has 152 valence electrons. The fourth-order valence-corrected chi connectivity index (χ4v) is 5.09. The largest absolute Gasteiger partial charge is 0.508 e. The maximum absolute atomic E-state index is 12.9. The second-order valence-electron chi connectivity index (χ2n) is 8.50. The molecule has 1 aliphatic heterocycles. The van der Waals surface area contributed by atoms with Crippen LogP contribution in [0.1, 0.15) is 41.3 Å². The fourth-order valence-electron chi connectivity index (χ4n) is 5.09. The summed E-state index contributed by atoms with van der Waals surface area (Å²) in [6.45, 7) is 3.18. The third-order valence-electron chi connectivity index (χ3n) is 6.79. The number of nitrogens with zero attached hydrogens (tertiary/aromatic N) is 1. The topological polar surface area (TPSA) is 89.9 Å². The third kappa shape index (κ3) is 3.49. The average Bonchev–Trinajstić information content (AvgIpc) is 2.68. The summed E-state index contributed by atoms with van der Waals surface area (Å²) in [6, 6.07) is 12.1. The molecule has 2 bridgehead atoms. The van der Waals surface area contributed by atoms with Crippen molar-refractivity contribution in [2.24, 2.45) is 5.92 Å². The number of aromatic carboxylic acids is 1. The van der Waals surface area contributed by atoms with Crippen LogP contribution in [-0.2, 0) is 16.6 Å². The first kappa shape index (κ1) is 19.5. The Bertz CT molecular complexity index is 956. The van der Waals surface area contributed by atoms with E-state index in [2.05, 4.69) is 24.2 Å². The summed E-state index contributed by atoms with van der Waals surface area (Å²) in [7, 11) is 2.12. The first-order chi connectivity index (χ1) is 13.8. The lowest BCUT2D eigenvalue weighted by Gasteiger charge is -2.54. The van der Waals surface area contributed by atoms with Crippen LogP contribution < -0.4 is 5.32 Å². The lowest BCUT2D eigenvalue weighted by molar-refractivity contribution is -0.119. The summed E-state index contributed by atoms with van der Waals surface area (Å²) < 4.78 is 0. The highest BCUT2D eigenvalue weighted by Gasteiger charge is 2.50. The molecular formula is C23H26N2O4. The van der Waals surface area contributed by atoms with E-state index >= 15 is 0 Å². The average molecular weight is 394 g/mol. The number of aromatic hydroxyl groups is 1. The van der Waals surface area contributed by atoms with Gasteiger partial charge in [0.15, 0.2) is 0 Å². The predicted octanol–water partition coefficient (Wildman–Crippen LogP) is 3.25. The van der Waals surface area contributed by atoms with E-state index in [1.165, 1.54) is 17.7 Å². The number of anilines is 1. The Morgan fingerprint density at radius 1 is 1.21 bits per heavy atom. The van der Waals surface area contributed by atoms with Crippen molar-refractivity contribution >= 4 is 17.6 Å². The van der Waals surface area contributed by atoms with E-state index in [4.69, 9.17) is 5.11 Å². The number of benzene rings is 2. The van der Waals surface area contributed by atoms with Crippen molar-refractivity contribution in [3.63, 3.8) is 0 Å². The molecule has 1 fully saturated rings. The number of carboxylic acids is 1. The van der Waals surface area contributed by atoms with Gasteiger partial charge in [-0.05, 0) is 85.3 Å². The number of hydrogen-bond donors (Lipinski definition) is 3. The van der Waals surface area contributed by atoms with Gasteiger partial charge >= 0.3 is 5.97 Å². The number of carbonyl (C=O) groups is 2. The van der Waals surface area contributed by atoms with Gasteiger partial charge in [-0.3, -0.25) is 4.79 Å². The van der Waals surface area contributed by atoms with Crippen LogP contribution in [0.4, 0.5) is 5.69 Å². The normalized spacial score (nSPS) is 25.9. The van der Waals surface area contributed by atoms with Crippen molar-refractivity contribution in [2.45, 2.75) is 37.6 Å². The third-order valence-corrected chi connectivity index (χ3v) is 6.79. The zero-order valence-corrected chi connectivity index (χ0v) is 16.7. The molecule has 4 rings (SSSR count). The molecule has 1 aliphatic carbocycles. The van der Waals surface area contributed by atoms with E-state index in [0.717, 1.165) is 24.9 Å². The van der Waals surface area contributed by atoms with Gasteiger partial charge in [0.1, 0.15) is 5.75 Å². The second kappa shape index (κ2) is 7.19. The highest BCUT2D eigenvalue weighted by atomic mass is 16.4. The number of carboxylic acid groups (broad SMARTS) is 1. The zero-order chi connectivity index (χ0) is 20.8. The first-order valence-corrected chi connectivity index (χ1v) is 9.94. The number of phenols is 1. The molecule has 3 unspecified atom stereocenters. The molecule has 1 heterocycles. The van der Waals surface area contributed by atoms with Crippen LogP contribution in [0.3, 0.4) is 0 Å². The molecule has 6 nitrogen and oxygen atoms in total. The van der Waals surface area contributed by atoms with Crippen molar-refractivity contribution in [3.8, 4) is 5.75 Å². The van der Waals surface area contributed by atoms with Gasteiger partial charge in [-0.25, -0.2) is 4.79 Å². The molecule has 3 N–H and O–H groups in total. The van der Waals surface area contributed by atoms with Gasteiger partial charge in [0.2, 0.25) is 5.91 Å². The lowest BCUT2D eigenvalue weighted by atomic mass is 9.57. The minimum absolute atomic E-state index is 0.0757. The van der Waals surface area contributed by atoms with Crippen LogP contribution in [0.15, 0.2) is 42.5 Å². The molecule has 2 aromatic rings. The van der Waals surface area contributed by atoms with Crippen molar-refractivity contribution in [2.75, 3.05) is 18.9 Å². The van der Waals surface area contributed by atoms with E-state index in [0.29, 0.717) is 12.1 Å². The number of fused-ring (bicyclic) bond motifs is 4. The van der Waals surface area contributed by atoms with E-state index in [9.17, 15) is 14.7 Å². The maximum atomic E-state index is 12.9. The van der Waals surface area contributed by atoms with Gasteiger partial charge in [0.25, 0.3) is 0 Å². The molecule has 2 aromatic carbocycles. The molecule has 1 amide bonds. The number of likely N-dealkylation sites (tertiary alicyclic amines) is 1. The highest BCUT2D eigenvalue weighted by molar-refractivity contribution is 5.92. The number of piperidine rings is 1. The molecule has 0 spiro atoms. The molecule has 0 aromatic heterocycles. The van der Waals surface area contributed by atoms with Crippen LogP contribution in [0.5, 0.6) is 5.75 Å². The van der Waals surface area contributed by atoms with Crippen molar-refractivity contribution in [3.05, 3.63) is 59.2 Å². The minimum Gasteiger partial charge on any atom is -0.508 e. The number of carbonyl (C=O) groups excluding carboxylic acids is 1. The summed E-state index contributed by atoms with van der Waals surface area (Å²) >= 11 is 0. The summed E-state index contributed by atoms with van der Waals surface area (Å²) in [5.41, 5.74) is 3.02. The lowest BCUT2D eigenvalue weighted by Crippen LogP contribution is -2.58. The van der Waals surface area contributed by atoms with E-state index < -0.39 is 5.97 Å². The number of hydrogen-bond acceptors (Lipinski definition) is 4. The number of phenolic OH excluding ortho intramolecular Hbond substituents is 1. The quantitative estimate of drug-likeness (QED) is 0.741. The Kier molecular flexibility index (Phi) is 4.82. The summed E-state index contributed by atoms with van der Waals surface area (Å²) in [6.07, 6.45) is 2.18. The van der Waals surface area contributed by atoms with Gasteiger partial charge < -0.3 is 20.4 Å². The van der Waals surface area contributed by atoms with Crippen LogP contribution >= 0.6 is 0 Å². The van der Waals surface area contributed by atoms with E-state index in [1.54, 1.807) is 18.2 Å². The number of amides is 1. The molecule has 6 heteroatoms. The maximum Gasteiger partial charge on any atom is 0.335 e. The standard InChI is InChI=1S/C23H26N2O4/c1-23-9-10-25(2)20(11-15-5-8-17(26)12-18(15)23)19(23)13-21(27)24-16-6-3-14(4-7-16)22(28)29/h3-8,12,19-20,26H,9-11,13H2,1-2H3,(H,24,27)(H,28,29). The SMILES string of the molecule is CN1CCC2(C)c3cc(O)ccc3CC1C2CC(=O)Nc1ccc(C(=O)O)cc1. The Balaban J connectivity index is 1.57. The number of rotatable bonds is 4. The van der Waals surface area contributed by atoms with Gasteiger partial charge in [0.05, 0.1) is 5.56 Å². The van der Waals surface area contributed by atoms with Crippen LogP contribution in [0.25, 0.3) is 0 Å². The zero-order valence-electron chi connectivity index (χ0n) is 16.7. The number of likely N-dealkylation sites (N-methyl/N-ethyl adjacent to an activating group) is 1. The van der Waals surface area contributed by atoms with Crippen molar-refractivity contribution in [1.82, 2.24) is 4.90 Å². The molecule has 0 radical (unpaired) electrons. The number of nitrogens with one attached hydrogen (secondary N) is 1. The molecule has 0 saturated carbocycles. The molecule has 1 saturated heterocycles. The van der Waals surface area contributed by atoms with Crippen LogP contribution in [-0.4, -0.2) is 46.6 Å². The fraction of sp³-hybridized carbons (Fsp3) is 0.391. The summed E-state index contributed by atoms with van der Waals surface area (Å²) in [4.78, 5) is 26.2. The highest BCUT2D eigenvalue weighted by Crippen LogP contribution is 2.50. The van der Waals surface area contributed by atoms with Gasteiger partial charge in [-0.2, -0.15) is 0 Å². The Morgan fingerprint density at radius 3 is 2.62 bits per heavy atom. The first-order valence-electron chi connectivity index (χ1n) is 9.94. The molecular weight excluding hydrogens is 368 g/mol. The Labute approximate surface area is 170 Å². The second-order valence-corrected chi connectivity index (χ2v) is 8.50. The van der Waals surface area contributed by atoms with Crippen LogP contribution in [0, 0.1) is 5.92 Å². The Hall–Kier alpha value is -2.86. The van der Waals surface area contributed by atoms with Crippen LogP contribution in [0.2, 0.25) is 0 Å². The van der Waals surface area contributed by atoms with Crippen molar-refractivity contribution in [1.29, 1.82) is 0 Å². The molecule has 29 heavy (non-hydrogen) atoms. The van der Waals surface area contributed by atoms with Crippen molar-refractivity contribution < 1.29 is 19.8 Å².